The molecule has 0 aromatic heterocycles. The molecule has 2 heterocycles. The lowest BCUT2D eigenvalue weighted by Gasteiger charge is -2.52. The number of carbonyl (C=O) groups is 1. The van der Waals surface area contributed by atoms with E-state index in [-0.39, 0.29) is 5.91 Å². The van der Waals surface area contributed by atoms with Crippen LogP contribution in [0.2, 0.25) is 0 Å². The molecular formula is C17H24N2O2. The van der Waals surface area contributed by atoms with Crippen LogP contribution in [0.4, 0.5) is 5.69 Å². The average Bonchev–Trinajstić information content (AvgIpc) is 2.42. The minimum absolute atomic E-state index is 0.0920. The predicted octanol–water partition coefficient (Wildman–Crippen LogP) is 2.35. The van der Waals surface area contributed by atoms with Crippen molar-refractivity contribution in [2.45, 2.75) is 26.7 Å². The molecule has 2 aliphatic rings. The highest BCUT2D eigenvalue weighted by atomic mass is 16.5. The van der Waals surface area contributed by atoms with Gasteiger partial charge >= 0.3 is 0 Å². The topological polar surface area (TPSA) is 41.6 Å². The van der Waals surface area contributed by atoms with Crippen molar-refractivity contribution in [1.29, 1.82) is 0 Å². The Hall–Kier alpha value is -1.39. The van der Waals surface area contributed by atoms with E-state index in [1.165, 1.54) is 0 Å². The summed E-state index contributed by atoms with van der Waals surface area (Å²) in [6.07, 6.45) is 2.28. The number of nitrogens with zero attached hydrogens (tertiary/aromatic N) is 1. The quantitative estimate of drug-likeness (QED) is 0.928. The Labute approximate surface area is 126 Å². The molecule has 0 unspecified atom stereocenters. The molecule has 2 aliphatic heterocycles. The number of para-hydroxylation sites is 1. The van der Waals surface area contributed by atoms with E-state index in [1.54, 1.807) is 0 Å². The molecule has 1 N–H and O–H groups in total. The van der Waals surface area contributed by atoms with Crippen molar-refractivity contribution in [1.82, 2.24) is 4.90 Å². The van der Waals surface area contributed by atoms with Gasteiger partial charge in [0.05, 0.1) is 6.54 Å². The summed E-state index contributed by atoms with van der Waals surface area (Å²) < 4.78 is 5.42. The van der Waals surface area contributed by atoms with Crippen molar-refractivity contribution >= 4 is 11.6 Å². The first-order valence-corrected chi connectivity index (χ1v) is 7.74. The zero-order valence-corrected chi connectivity index (χ0v) is 12.9. The minimum atomic E-state index is 0.0920. The smallest absolute Gasteiger partial charge is 0.238 e. The van der Waals surface area contributed by atoms with Crippen LogP contribution in [0.15, 0.2) is 18.2 Å². The largest absolute Gasteiger partial charge is 0.381 e. The Balaban J connectivity index is 1.52. The molecule has 21 heavy (non-hydrogen) atoms. The van der Waals surface area contributed by atoms with E-state index >= 15 is 0 Å². The number of amides is 1. The number of likely N-dealkylation sites (tertiary alicyclic amines) is 1. The van der Waals surface area contributed by atoms with E-state index < -0.39 is 0 Å². The molecular weight excluding hydrogens is 264 g/mol. The third kappa shape index (κ3) is 3.11. The second-order valence-corrected chi connectivity index (χ2v) is 6.57. The van der Waals surface area contributed by atoms with Gasteiger partial charge in [0.25, 0.3) is 0 Å². The fourth-order valence-corrected chi connectivity index (χ4v) is 3.53. The van der Waals surface area contributed by atoms with Crippen molar-refractivity contribution in [2.75, 3.05) is 38.2 Å². The van der Waals surface area contributed by atoms with Gasteiger partial charge in [0.1, 0.15) is 0 Å². The molecule has 4 heteroatoms. The van der Waals surface area contributed by atoms with Gasteiger partial charge in [-0.3, -0.25) is 9.69 Å². The molecule has 1 spiro atoms. The van der Waals surface area contributed by atoms with E-state index in [1.807, 2.05) is 32.0 Å². The molecule has 0 bridgehead atoms. The Morgan fingerprint density at radius 3 is 2.48 bits per heavy atom. The van der Waals surface area contributed by atoms with E-state index in [0.717, 1.165) is 56.0 Å². The summed E-state index contributed by atoms with van der Waals surface area (Å²) >= 11 is 0. The number of rotatable bonds is 3. The number of hydrogen-bond donors (Lipinski definition) is 1. The van der Waals surface area contributed by atoms with Crippen LogP contribution in [0.1, 0.15) is 24.0 Å². The maximum Gasteiger partial charge on any atom is 0.238 e. The first-order valence-electron chi connectivity index (χ1n) is 7.74. The molecule has 4 nitrogen and oxygen atoms in total. The van der Waals surface area contributed by atoms with Crippen molar-refractivity contribution in [3.05, 3.63) is 29.3 Å². The van der Waals surface area contributed by atoms with Crippen molar-refractivity contribution in [3.63, 3.8) is 0 Å². The fourth-order valence-electron chi connectivity index (χ4n) is 3.53. The van der Waals surface area contributed by atoms with Gasteiger partial charge in [-0.15, -0.1) is 0 Å². The van der Waals surface area contributed by atoms with E-state index in [9.17, 15) is 4.79 Å². The summed E-state index contributed by atoms with van der Waals surface area (Å²) in [7, 11) is 0. The second-order valence-electron chi connectivity index (χ2n) is 6.57. The highest BCUT2D eigenvalue weighted by molar-refractivity contribution is 5.93. The molecule has 3 rings (SSSR count). The molecule has 1 aromatic carbocycles. The van der Waals surface area contributed by atoms with Gasteiger partial charge < -0.3 is 10.1 Å². The zero-order chi connectivity index (χ0) is 14.9. The Bertz CT molecular complexity index is 507. The van der Waals surface area contributed by atoms with Crippen LogP contribution < -0.4 is 5.32 Å². The van der Waals surface area contributed by atoms with E-state index in [0.29, 0.717) is 12.0 Å². The normalized spacial score (nSPS) is 21.0. The van der Waals surface area contributed by atoms with E-state index in [4.69, 9.17) is 4.74 Å². The highest BCUT2D eigenvalue weighted by Crippen LogP contribution is 2.39. The average molecular weight is 288 g/mol. The monoisotopic (exact) mass is 288 g/mol. The van der Waals surface area contributed by atoms with Crippen molar-refractivity contribution in [2.24, 2.45) is 5.41 Å². The summed E-state index contributed by atoms with van der Waals surface area (Å²) in [4.78, 5) is 14.5. The number of nitrogens with one attached hydrogen (secondary N) is 1. The standard InChI is InChI=1S/C17H24N2O2/c1-13-4-3-5-14(2)16(13)18-15(20)10-19-11-17(12-19)6-8-21-9-7-17/h3-5H,6-12H2,1-2H3,(H,18,20). The predicted molar refractivity (Wildman–Crippen MR) is 83.5 cm³/mol. The van der Waals surface area contributed by atoms with Gasteiger partial charge in [0.15, 0.2) is 0 Å². The number of anilines is 1. The van der Waals surface area contributed by atoms with Gasteiger partial charge in [-0.25, -0.2) is 0 Å². The molecule has 0 saturated carbocycles. The fraction of sp³-hybridized carbons (Fsp3) is 0.588. The Morgan fingerprint density at radius 1 is 1.24 bits per heavy atom. The SMILES string of the molecule is Cc1cccc(C)c1NC(=O)CN1CC2(CCOCC2)C1. The lowest BCUT2D eigenvalue weighted by atomic mass is 9.73. The molecule has 2 fully saturated rings. The Kier molecular flexibility index (Phi) is 4.00. The third-order valence-electron chi connectivity index (χ3n) is 4.78. The van der Waals surface area contributed by atoms with Crippen LogP contribution in [-0.2, 0) is 9.53 Å². The first kappa shape index (κ1) is 14.5. The number of aryl methyl sites for hydroxylation is 2. The van der Waals surface area contributed by atoms with Crippen LogP contribution in [0.25, 0.3) is 0 Å². The number of hydrogen-bond acceptors (Lipinski definition) is 3. The summed E-state index contributed by atoms with van der Waals surface area (Å²) in [6.45, 7) is 8.39. The lowest BCUT2D eigenvalue weighted by molar-refractivity contribution is -0.124. The zero-order valence-electron chi connectivity index (χ0n) is 12.9. The maximum atomic E-state index is 12.2. The summed E-state index contributed by atoms with van der Waals surface area (Å²) in [5, 5.41) is 3.06. The van der Waals surface area contributed by atoms with Crippen molar-refractivity contribution < 1.29 is 9.53 Å². The van der Waals surface area contributed by atoms with Gasteiger partial charge in [-0.1, -0.05) is 18.2 Å². The molecule has 2 saturated heterocycles. The van der Waals surface area contributed by atoms with Crippen LogP contribution >= 0.6 is 0 Å². The molecule has 114 valence electrons. The Morgan fingerprint density at radius 2 is 1.86 bits per heavy atom. The highest BCUT2D eigenvalue weighted by Gasteiger charge is 2.44. The van der Waals surface area contributed by atoms with Crippen LogP contribution in [-0.4, -0.2) is 43.7 Å². The van der Waals surface area contributed by atoms with Gasteiger partial charge in [-0.05, 0) is 37.8 Å². The lowest BCUT2D eigenvalue weighted by Crippen LogP contribution is -2.59. The third-order valence-corrected chi connectivity index (χ3v) is 4.78. The number of carbonyl (C=O) groups excluding carboxylic acids is 1. The van der Waals surface area contributed by atoms with Crippen LogP contribution in [0, 0.1) is 19.3 Å². The summed E-state index contributed by atoms with van der Waals surface area (Å²) in [5.74, 6) is 0.0920. The number of benzene rings is 1. The molecule has 0 aliphatic carbocycles. The van der Waals surface area contributed by atoms with E-state index in [2.05, 4.69) is 10.2 Å². The molecule has 1 aromatic rings. The number of ether oxygens (including phenoxy) is 1. The van der Waals surface area contributed by atoms with Gasteiger partial charge in [0.2, 0.25) is 5.91 Å². The molecule has 0 radical (unpaired) electrons. The van der Waals surface area contributed by atoms with Crippen molar-refractivity contribution in [3.8, 4) is 0 Å². The maximum absolute atomic E-state index is 12.2. The summed E-state index contributed by atoms with van der Waals surface area (Å²) in [6, 6.07) is 6.08. The molecule has 0 atom stereocenters. The van der Waals surface area contributed by atoms with Gasteiger partial charge in [-0.2, -0.15) is 0 Å². The van der Waals surface area contributed by atoms with Crippen LogP contribution in [0.5, 0.6) is 0 Å². The second kappa shape index (κ2) is 5.78. The first-order chi connectivity index (χ1) is 10.1. The minimum Gasteiger partial charge on any atom is -0.381 e. The van der Waals surface area contributed by atoms with Crippen LogP contribution in [0.3, 0.4) is 0 Å². The summed E-state index contributed by atoms with van der Waals surface area (Å²) in [5.41, 5.74) is 3.63. The van der Waals surface area contributed by atoms with Gasteiger partial charge in [0, 0.05) is 37.4 Å². The molecule has 1 amide bonds.